The third-order valence-electron chi connectivity index (χ3n) is 6.95. The molecule has 2 saturated carbocycles. The number of carbonyl (C=O) groups excluding carboxylic acids is 1. The Balaban J connectivity index is 1.31. The average Bonchev–Trinajstić information content (AvgIpc) is 3.53. The normalized spacial score (nSPS) is 21.2. The smallest absolute Gasteiger partial charge is 0.326 e. The van der Waals surface area contributed by atoms with Gasteiger partial charge < -0.3 is 9.88 Å². The SMILES string of the molecule is Cc1c(Cl)cccc1NC(=O)CCc1nnc(CC[C@H]2CC[C@H](C(F)(F)F)CC2)n1C1CC1. The summed E-state index contributed by atoms with van der Waals surface area (Å²) in [5, 5.41) is 12.3. The fraction of sp³-hybridized carbons (Fsp3) is 0.625. The first-order valence-corrected chi connectivity index (χ1v) is 12.1. The van der Waals surface area contributed by atoms with Gasteiger partial charge in [-0.25, -0.2) is 0 Å². The van der Waals surface area contributed by atoms with Gasteiger partial charge in [-0.1, -0.05) is 17.7 Å². The van der Waals surface area contributed by atoms with Crippen molar-refractivity contribution in [1.29, 1.82) is 0 Å². The van der Waals surface area contributed by atoms with Gasteiger partial charge >= 0.3 is 6.18 Å². The molecule has 1 N–H and O–H groups in total. The lowest BCUT2D eigenvalue weighted by Gasteiger charge is -2.29. The van der Waals surface area contributed by atoms with Gasteiger partial charge in [-0.3, -0.25) is 4.79 Å². The van der Waals surface area contributed by atoms with Crippen LogP contribution in [0.5, 0.6) is 0 Å². The second-order valence-corrected chi connectivity index (χ2v) is 9.80. The lowest BCUT2D eigenvalue weighted by atomic mass is 9.79. The Hall–Kier alpha value is -2.09. The van der Waals surface area contributed by atoms with E-state index in [9.17, 15) is 18.0 Å². The van der Waals surface area contributed by atoms with Crippen LogP contribution in [0, 0.1) is 18.8 Å². The number of hydrogen-bond acceptors (Lipinski definition) is 3. The number of benzene rings is 1. The van der Waals surface area contributed by atoms with Crippen LogP contribution in [0.25, 0.3) is 0 Å². The van der Waals surface area contributed by atoms with E-state index in [0.717, 1.165) is 42.9 Å². The van der Waals surface area contributed by atoms with Gasteiger partial charge in [0, 0.05) is 36.0 Å². The Morgan fingerprint density at radius 1 is 1.09 bits per heavy atom. The Bertz CT molecular complexity index is 979. The van der Waals surface area contributed by atoms with Gasteiger partial charge in [-0.15, -0.1) is 10.2 Å². The number of aromatic nitrogens is 3. The molecule has 0 bridgehead atoms. The molecule has 0 spiro atoms. The molecule has 2 aliphatic carbocycles. The van der Waals surface area contributed by atoms with Crippen molar-refractivity contribution in [3.8, 4) is 0 Å². The lowest BCUT2D eigenvalue weighted by Crippen LogP contribution is -2.28. The summed E-state index contributed by atoms with van der Waals surface area (Å²) in [6, 6.07) is 5.79. The van der Waals surface area contributed by atoms with Crippen LogP contribution >= 0.6 is 11.6 Å². The minimum absolute atomic E-state index is 0.103. The molecule has 2 aromatic rings. The monoisotopic (exact) mass is 482 g/mol. The number of carbonyl (C=O) groups is 1. The number of hydrogen-bond donors (Lipinski definition) is 1. The van der Waals surface area contributed by atoms with Crippen molar-refractivity contribution >= 4 is 23.2 Å². The van der Waals surface area contributed by atoms with E-state index < -0.39 is 12.1 Å². The summed E-state index contributed by atoms with van der Waals surface area (Å²) >= 11 is 6.13. The zero-order chi connectivity index (χ0) is 23.6. The van der Waals surface area contributed by atoms with Gasteiger partial charge in [0.2, 0.25) is 5.91 Å². The van der Waals surface area contributed by atoms with E-state index in [2.05, 4.69) is 20.1 Å². The predicted molar refractivity (Wildman–Crippen MR) is 121 cm³/mol. The van der Waals surface area contributed by atoms with E-state index >= 15 is 0 Å². The maximum Gasteiger partial charge on any atom is 0.391 e. The van der Waals surface area contributed by atoms with Crippen LogP contribution < -0.4 is 5.32 Å². The van der Waals surface area contributed by atoms with Crippen LogP contribution in [0.1, 0.15) is 74.6 Å². The minimum atomic E-state index is -4.07. The van der Waals surface area contributed by atoms with Crippen molar-refractivity contribution in [1.82, 2.24) is 14.8 Å². The van der Waals surface area contributed by atoms with Crippen LogP contribution in [0.4, 0.5) is 18.9 Å². The molecule has 2 aliphatic rings. The zero-order valence-electron chi connectivity index (χ0n) is 18.8. The highest BCUT2D eigenvalue weighted by atomic mass is 35.5. The molecule has 4 rings (SSSR count). The first kappa shape index (κ1) is 24.0. The molecule has 0 atom stereocenters. The van der Waals surface area contributed by atoms with Crippen molar-refractivity contribution in [2.45, 2.75) is 83.4 Å². The molecular formula is C24H30ClF3N4O. The van der Waals surface area contributed by atoms with Gasteiger partial charge in [0.15, 0.2) is 0 Å². The summed E-state index contributed by atoms with van der Waals surface area (Å²) in [6.07, 6.45) is 2.13. The highest BCUT2D eigenvalue weighted by Gasteiger charge is 2.41. The van der Waals surface area contributed by atoms with E-state index in [0.29, 0.717) is 41.9 Å². The summed E-state index contributed by atoms with van der Waals surface area (Å²) in [6.45, 7) is 1.86. The second-order valence-electron chi connectivity index (χ2n) is 9.39. The number of rotatable bonds is 8. The molecule has 1 aromatic heterocycles. The maximum atomic E-state index is 12.9. The van der Waals surface area contributed by atoms with Crippen molar-refractivity contribution in [3.63, 3.8) is 0 Å². The molecule has 1 heterocycles. The molecule has 5 nitrogen and oxygen atoms in total. The molecular weight excluding hydrogens is 453 g/mol. The van der Waals surface area contributed by atoms with E-state index in [1.54, 1.807) is 12.1 Å². The molecule has 0 aliphatic heterocycles. The number of nitrogens with zero attached hydrogens (tertiary/aromatic N) is 3. The molecule has 33 heavy (non-hydrogen) atoms. The fourth-order valence-corrected chi connectivity index (χ4v) is 4.92. The van der Waals surface area contributed by atoms with Gasteiger partial charge in [0.1, 0.15) is 11.6 Å². The summed E-state index contributed by atoms with van der Waals surface area (Å²) < 4.78 is 40.9. The Kier molecular flexibility index (Phi) is 7.31. The van der Waals surface area contributed by atoms with Gasteiger partial charge in [0.25, 0.3) is 0 Å². The molecule has 0 saturated heterocycles. The third kappa shape index (κ3) is 6.08. The van der Waals surface area contributed by atoms with Crippen LogP contribution in [0.15, 0.2) is 18.2 Å². The topological polar surface area (TPSA) is 59.8 Å². The summed E-state index contributed by atoms with van der Waals surface area (Å²) in [5.41, 5.74) is 1.54. The van der Waals surface area contributed by atoms with Crippen LogP contribution in [-0.4, -0.2) is 26.8 Å². The number of amides is 1. The summed E-state index contributed by atoms with van der Waals surface area (Å²) in [7, 11) is 0. The van der Waals surface area contributed by atoms with E-state index in [1.807, 2.05) is 13.0 Å². The van der Waals surface area contributed by atoms with Crippen LogP contribution in [0.3, 0.4) is 0 Å². The van der Waals surface area contributed by atoms with E-state index in [4.69, 9.17) is 11.6 Å². The van der Waals surface area contributed by atoms with Crippen molar-refractivity contribution in [2.75, 3.05) is 5.32 Å². The van der Waals surface area contributed by atoms with E-state index in [-0.39, 0.29) is 25.2 Å². The fourth-order valence-electron chi connectivity index (χ4n) is 4.75. The predicted octanol–water partition coefficient (Wildman–Crippen LogP) is 6.45. The molecule has 2 fully saturated rings. The van der Waals surface area contributed by atoms with Gasteiger partial charge in [0.05, 0.1) is 5.92 Å². The molecule has 180 valence electrons. The molecule has 0 radical (unpaired) electrons. The third-order valence-corrected chi connectivity index (χ3v) is 7.36. The average molecular weight is 483 g/mol. The molecule has 0 unspecified atom stereocenters. The van der Waals surface area contributed by atoms with E-state index in [1.165, 1.54) is 0 Å². The van der Waals surface area contributed by atoms with Crippen molar-refractivity contribution in [2.24, 2.45) is 11.8 Å². The number of halogens is 4. The highest BCUT2D eigenvalue weighted by Crippen LogP contribution is 2.41. The summed E-state index contributed by atoms with van der Waals surface area (Å²) in [5.74, 6) is 0.775. The summed E-state index contributed by atoms with van der Waals surface area (Å²) in [4.78, 5) is 12.5. The number of anilines is 1. The molecule has 9 heteroatoms. The molecule has 1 aromatic carbocycles. The number of aryl methyl sites for hydroxylation is 2. The van der Waals surface area contributed by atoms with Crippen molar-refractivity contribution < 1.29 is 18.0 Å². The Morgan fingerprint density at radius 3 is 2.39 bits per heavy atom. The first-order valence-electron chi connectivity index (χ1n) is 11.8. The largest absolute Gasteiger partial charge is 0.391 e. The van der Waals surface area contributed by atoms with Crippen LogP contribution in [-0.2, 0) is 17.6 Å². The Labute approximate surface area is 197 Å². The minimum Gasteiger partial charge on any atom is -0.326 e. The Morgan fingerprint density at radius 2 is 1.76 bits per heavy atom. The lowest BCUT2D eigenvalue weighted by molar-refractivity contribution is -0.184. The highest BCUT2D eigenvalue weighted by molar-refractivity contribution is 6.31. The number of alkyl halides is 3. The molecule has 1 amide bonds. The zero-order valence-corrected chi connectivity index (χ0v) is 19.6. The quantitative estimate of drug-likeness (QED) is 0.470. The standard InChI is InChI=1S/C24H30ClF3N4O/c1-15-19(25)3-2-4-20(15)29-23(33)14-13-22-31-30-21(32(22)18-10-11-18)12-7-16-5-8-17(9-6-16)24(26,27)28/h2-4,16-18H,5-14H2,1H3,(H,29,33)/t16-,17-. The van der Waals surface area contributed by atoms with Gasteiger partial charge in [-0.05, 0) is 75.5 Å². The van der Waals surface area contributed by atoms with Crippen LogP contribution in [0.2, 0.25) is 5.02 Å². The number of nitrogens with one attached hydrogen (secondary N) is 1. The van der Waals surface area contributed by atoms with Crippen molar-refractivity contribution in [3.05, 3.63) is 40.4 Å². The maximum absolute atomic E-state index is 12.9. The first-order chi connectivity index (χ1) is 15.7. The van der Waals surface area contributed by atoms with Gasteiger partial charge in [-0.2, -0.15) is 13.2 Å². The second kappa shape index (κ2) is 10.0.